The van der Waals surface area contributed by atoms with E-state index in [1.807, 2.05) is 0 Å². The standard InChI is InChI=1S/C26H47N9O9/c1-13(2)10-17(34-22(40)15(7-8-20(38)39)32-19(37)12-31-18(36)11-27)23(41)35-21(14(3)4)24(42)33-16(25(43)44)6-5-9-30-26(28)29/h13-17,21H,5-12,27H2,1-4H3,(H,31,36)(H,32,37)(H,33,42)(H,34,40)(H,35,41)(H,38,39)(H,43,44)(H4,28,29,30)/t15-,16-,17-,21-/m0/s1. The van der Waals surface area contributed by atoms with Gasteiger partial charge in [0.2, 0.25) is 29.5 Å². The van der Waals surface area contributed by atoms with Crippen molar-refractivity contribution in [1.29, 1.82) is 5.41 Å². The van der Waals surface area contributed by atoms with E-state index in [2.05, 4.69) is 31.9 Å². The fraction of sp³-hybridized carbons (Fsp3) is 0.692. The number of hydrogen-bond acceptors (Lipinski definition) is 9. The highest BCUT2D eigenvalue weighted by atomic mass is 16.4. The fourth-order valence-electron chi connectivity index (χ4n) is 3.85. The Morgan fingerprint density at radius 1 is 0.750 bits per heavy atom. The van der Waals surface area contributed by atoms with Crippen molar-refractivity contribution in [2.24, 2.45) is 23.3 Å². The van der Waals surface area contributed by atoms with E-state index in [1.165, 1.54) is 0 Å². The molecule has 0 radical (unpaired) electrons. The predicted octanol–water partition coefficient (Wildman–Crippen LogP) is -3.08. The van der Waals surface area contributed by atoms with E-state index >= 15 is 0 Å². The van der Waals surface area contributed by atoms with E-state index in [0.717, 1.165) is 0 Å². The number of carbonyl (C=O) groups excluding carboxylic acids is 5. The normalized spacial score (nSPS) is 13.5. The Morgan fingerprint density at radius 3 is 1.84 bits per heavy atom. The first-order valence-electron chi connectivity index (χ1n) is 14.2. The maximum Gasteiger partial charge on any atom is 0.326 e. The van der Waals surface area contributed by atoms with Gasteiger partial charge in [0, 0.05) is 13.0 Å². The number of guanidine groups is 1. The van der Waals surface area contributed by atoms with Gasteiger partial charge in [-0.25, -0.2) is 4.79 Å². The first-order valence-corrected chi connectivity index (χ1v) is 14.2. The molecule has 0 rings (SSSR count). The zero-order valence-corrected chi connectivity index (χ0v) is 25.5. The first kappa shape index (κ1) is 39.5. The molecule has 0 aliphatic carbocycles. The molecule has 18 heteroatoms. The zero-order chi connectivity index (χ0) is 34.0. The summed E-state index contributed by atoms with van der Waals surface area (Å²) >= 11 is 0. The maximum absolute atomic E-state index is 13.3. The van der Waals surface area contributed by atoms with Crippen LogP contribution in [0.25, 0.3) is 0 Å². The minimum Gasteiger partial charge on any atom is -0.481 e. The summed E-state index contributed by atoms with van der Waals surface area (Å²) in [5.74, 6) is -7.21. The van der Waals surface area contributed by atoms with Crippen molar-refractivity contribution in [2.75, 3.05) is 19.6 Å². The SMILES string of the molecule is CC(C)C[C@H](NC(=O)[C@H](CCC(=O)O)NC(=O)CNC(=O)CN)C(=O)N[C@H](C(=O)N[C@@H](CCCNC(=N)N)C(=O)O)C(C)C. The second-order valence-electron chi connectivity index (χ2n) is 10.8. The predicted molar refractivity (Wildman–Crippen MR) is 158 cm³/mol. The van der Waals surface area contributed by atoms with Crippen molar-refractivity contribution >= 4 is 47.4 Å². The number of hydrogen-bond donors (Lipinski definition) is 11. The highest BCUT2D eigenvalue weighted by Gasteiger charge is 2.33. The largest absolute Gasteiger partial charge is 0.481 e. The van der Waals surface area contributed by atoms with Crippen LogP contribution in [0.15, 0.2) is 0 Å². The van der Waals surface area contributed by atoms with Gasteiger partial charge in [0.25, 0.3) is 0 Å². The summed E-state index contributed by atoms with van der Waals surface area (Å²) in [5.41, 5.74) is 10.4. The molecular weight excluding hydrogens is 582 g/mol. The number of rotatable bonds is 21. The van der Waals surface area contributed by atoms with Crippen molar-refractivity contribution in [2.45, 2.75) is 84.0 Å². The Hall–Kier alpha value is -4.48. The molecule has 250 valence electrons. The van der Waals surface area contributed by atoms with Crippen LogP contribution in [0.2, 0.25) is 0 Å². The highest BCUT2D eigenvalue weighted by Crippen LogP contribution is 2.10. The lowest BCUT2D eigenvalue weighted by Crippen LogP contribution is -2.59. The molecule has 0 aromatic carbocycles. The molecule has 0 aliphatic heterocycles. The molecule has 18 nitrogen and oxygen atoms in total. The smallest absolute Gasteiger partial charge is 0.326 e. The molecule has 0 bridgehead atoms. The average Bonchev–Trinajstić information content (AvgIpc) is 2.92. The Balaban J connectivity index is 5.71. The lowest BCUT2D eigenvalue weighted by molar-refractivity contribution is -0.143. The Morgan fingerprint density at radius 2 is 1.34 bits per heavy atom. The van der Waals surface area contributed by atoms with Crippen molar-refractivity contribution < 1.29 is 43.8 Å². The average molecular weight is 630 g/mol. The van der Waals surface area contributed by atoms with E-state index < -0.39 is 84.5 Å². The van der Waals surface area contributed by atoms with Gasteiger partial charge in [0.1, 0.15) is 24.2 Å². The Labute approximate surface area is 255 Å². The summed E-state index contributed by atoms with van der Waals surface area (Å²) in [5, 5.41) is 40.4. The zero-order valence-electron chi connectivity index (χ0n) is 25.5. The van der Waals surface area contributed by atoms with Crippen LogP contribution in [0.1, 0.15) is 59.8 Å². The molecular formula is C26H47N9O9. The van der Waals surface area contributed by atoms with Crippen LogP contribution in [0.4, 0.5) is 0 Å². The molecule has 0 fully saturated rings. The summed E-state index contributed by atoms with van der Waals surface area (Å²) in [6.07, 6.45) is -0.400. The van der Waals surface area contributed by atoms with E-state index in [1.54, 1.807) is 27.7 Å². The third-order valence-electron chi connectivity index (χ3n) is 6.12. The summed E-state index contributed by atoms with van der Waals surface area (Å²) in [4.78, 5) is 86.1. The van der Waals surface area contributed by atoms with Crippen molar-refractivity contribution in [3.05, 3.63) is 0 Å². The molecule has 0 saturated heterocycles. The number of nitrogens with two attached hydrogens (primary N) is 2. The minimum absolute atomic E-state index is 0.0193. The highest BCUT2D eigenvalue weighted by molar-refractivity contribution is 5.95. The van der Waals surface area contributed by atoms with Crippen molar-refractivity contribution in [3.63, 3.8) is 0 Å². The van der Waals surface area contributed by atoms with Crippen LogP contribution in [0.5, 0.6) is 0 Å². The third-order valence-corrected chi connectivity index (χ3v) is 6.12. The van der Waals surface area contributed by atoms with Crippen LogP contribution in [-0.2, 0) is 33.6 Å². The second-order valence-corrected chi connectivity index (χ2v) is 10.8. The van der Waals surface area contributed by atoms with Gasteiger partial charge in [-0.1, -0.05) is 27.7 Å². The van der Waals surface area contributed by atoms with Gasteiger partial charge in [-0.3, -0.25) is 34.2 Å². The van der Waals surface area contributed by atoms with Crippen LogP contribution >= 0.6 is 0 Å². The number of carbonyl (C=O) groups is 7. The molecule has 0 unspecified atom stereocenters. The molecule has 0 aromatic heterocycles. The van der Waals surface area contributed by atoms with Gasteiger partial charge < -0.3 is 53.6 Å². The molecule has 4 atom stereocenters. The molecule has 0 heterocycles. The van der Waals surface area contributed by atoms with Crippen molar-refractivity contribution in [3.8, 4) is 0 Å². The number of aliphatic carboxylic acids is 2. The lowest BCUT2D eigenvalue weighted by Gasteiger charge is -2.28. The lowest BCUT2D eigenvalue weighted by atomic mass is 9.99. The van der Waals surface area contributed by atoms with Gasteiger partial charge in [-0.2, -0.15) is 0 Å². The molecule has 5 amide bonds. The van der Waals surface area contributed by atoms with E-state index in [0.29, 0.717) is 0 Å². The Bertz CT molecular complexity index is 1040. The van der Waals surface area contributed by atoms with Gasteiger partial charge >= 0.3 is 11.9 Å². The molecule has 0 aromatic rings. The first-order chi connectivity index (χ1) is 20.5. The quantitative estimate of drug-likeness (QED) is 0.0342. The topological polar surface area (TPSA) is 308 Å². The van der Waals surface area contributed by atoms with Crippen LogP contribution in [0.3, 0.4) is 0 Å². The second kappa shape index (κ2) is 20.4. The summed E-state index contributed by atoms with van der Waals surface area (Å²) in [7, 11) is 0. The number of carboxylic acid groups (broad SMARTS) is 2. The molecule has 13 N–H and O–H groups in total. The van der Waals surface area contributed by atoms with Crippen LogP contribution < -0.4 is 43.4 Å². The maximum atomic E-state index is 13.3. The summed E-state index contributed by atoms with van der Waals surface area (Å²) < 4.78 is 0. The molecule has 0 spiro atoms. The number of carboxylic acids is 2. The summed E-state index contributed by atoms with van der Waals surface area (Å²) in [6, 6.07) is -5.03. The van der Waals surface area contributed by atoms with Gasteiger partial charge in [0.05, 0.1) is 13.1 Å². The van der Waals surface area contributed by atoms with E-state index in [-0.39, 0.29) is 50.7 Å². The molecule has 44 heavy (non-hydrogen) atoms. The Kier molecular flexibility index (Phi) is 18.3. The van der Waals surface area contributed by atoms with Crippen LogP contribution in [-0.4, -0.2) is 101 Å². The van der Waals surface area contributed by atoms with E-state index in [4.69, 9.17) is 22.0 Å². The molecule has 0 aliphatic rings. The number of amides is 5. The van der Waals surface area contributed by atoms with Crippen LogP contribution in [0, 0.1) is 17.2 Å². The van der Waals surface area contributed by atoms with Crippen molar-refractivity contribution in [1.82, 2.24) is 31.9 Å². The van der Waals surface area contributed by atoms with Gasteiger partial charge in [-0.15, -0.1) is 0 Å². The summed E-state index contributed by atoms with van der Waals surface area (Å²) in [6.45, 7) is 6.16. The van der Waals surface area contributed by atoms with E-state index in [9.17, 15) is 38.7 Å². The van der Waals surface area contributed by atoms with Gasteiger partial charge in [-0.05, 0) is 37.5 Å². The molecule has 0 saturated carbocycles. The minimum atomic E-state index is -1.37. The van der Waals surface area contributed by atoms with Gasteiger partial charge in [0.15, 0.2) is 5.96 Å². The monoisotopic (exact) mass is 629 g/mol. The third kappa shape index (κ3) is 16.8. The number of nitrogens with one attached hydrogen (secondary N) is 7. The fourth-order valence-corrected chi connectivity index (χ4v) is 3.85.